The number of hydrogen-bond acceptors (Lipinski definition) is 14. The first-order valence-corrected chi connectivity index (χ1v) is 23.3. The van der Waals surface area contributed by atoms with E-state index >= 15 is 0 Å². The first-order chi connectivity index (χ1) is 31.3. The standard InChI is InChI=1S/C50H69N5O11/c1-12-39-50(8)43(55(48(60)66-50)24-17-16-23-54-28-37(52-29-54)36-21-18-22-51-27-36)32(4)40(56)30(2)26-49(7,61-11)44(33(5)41(57)34(6)45(58)63-39)65-47-42(38(53(9)10)25-31(3)62-47)64-46(59)35-19-14-13-15-20-35/h13-15,18-22,27-34,38-39,42-44,47H,12,16-17,23-26H2,1-11H3/t30-,31-,32+,33+,34-,38+,39-,42-,43?,44-,47+,49-,50-/m1/s1. The second-order valence-electron chi connectivity index (χ2n) is 19.1. The molecule has 360 valence electrons. The van der Waals surface area contributed by atoms with Crippen molar-refractivity contribution in [2.24, 2.45) is 23.7 Å². The van der Waals surface area contributed by atoms with Crippen LogP contribution < -0.4 is 0 Å². The smallest absolute Gasteiger partial charge is 0.410 e. The first kappa shape index (κ1) is 50.4. The molecule has 16 nitrogen and oxygen atoms in total. The number of aryl methyl sites for hydroxylation is 1. The Hall–Kier alpha value is -5.03. The third-order valence-electron chi connectivity index (χ3n) is 14.0. The highest BCUT2D eigenvalue weighted by molar-refractivity contribution is 6.00. The Bertz CT molecular complexity index is 2150. The summed E-state index contributed by atoms with van der Waals surface area (Å²) < 4.78 is 40.3. The van der Waals surface area contributed by atoms with Crippen molar-refractivity contribution < 1.29 is 52.4 Å². The van der Waals surface area contributed by atoms with Crippen LogP contribution in [0.3, 0.4) is 0 Å². The van der Waals surface area contributed by atoms with Gasteiger partial charge in [-0.05, 0) is 98.2 Å². The molecule has 3 aromatic rings. The van der Waals surface area contributed by atoms with Crippen LogP contribution in [0, 0.1) is 23.7 Å². The van der Waals surface area contributed by atoms with Crippen molar-refractivity contribution in [2.45, 2.75) is 148 Å². The zero-order valence-electron chi connectivity index (χ0n) is 40.4. The lowest BCUT2D eigenvalue weighted by Gasteiger charge is -2.47. The number of imidazole rings is 1. The number of likely N-dealkylation sites (N-methyl/N-ethyl adjacent to an activating group) is 1. The molecule has 3 fully saturated rings. The lowest BCUT2D eigenvalue weighted by molar-refractivity contribution is -0.294. The number of fused-ring (bicyclic) bond motifs is 1. The van der Waals surface area contributed by atoms with Gasteiger partial charge < -0.3 is 42.8 Å². The van der Waals surface area contributed by atoms with E-state index in [9.17, 15) is 24.0 Å². The maximum atomic E-state index is 14.9. The van der Waals surface area contributed by atoms with E-state index in [2.05, 4.69) is 9.97 Å². The van der Waals surface area contributed by atoms with Gasteiger partial charge in [0.05, 0.1) is 47.5 Å². The van der Waals surface area contributed by atoms with Crippen molar-refractivity contribution in [3.05, 3.63) is 72.9 Å². The summed E-state index contributed by atoms with van der Waals surface area (Å²) in [5, 5.41) is 0. The maximum Gasteiger partial charge on any atom is 0.410 e. The first-order valence-electron chi connectivity index (χ1n) is 23.3. The third-order valence-corrected chi connectivity index (χ3v) is 14.0. The fourth-order valence-corrected chi connectivity index (χ4v) is 10.3. The molecule has 3 aliphatic rings. The summed E-state index contributed by atoms with van der Waals surface area (Å²) in [4.78, 5) is 83.7. The van der Waals surface area contributed by atoms with E-state index in [0.29, 0.717) is 31.4 Å². The summed E-state index contributed by atoms with van der Waals surface area (Å²) in [6.45, 7) is 14.9. The Balaban J connectivity index is 1.30. The number of Topliss-reactive ketones (excluding diaryl/α,β-unsaturated/α-hetero) is 2. The number of methoxy groups -OCH3 is 1. The minimum Gasteiger partial charge on any atom is -0.458 e. The van der Waals surface area contributed by atoms with Crippen LogP contribution in [0.5, 0.6) is 0 Å². The zero-order valence-corrected chi connectivity index (χ0v) is 40.4. The Morgan fingerprint density at radius 3 is 2.30 bits per heavy atom. The number of pyridine rings is 1. The molecule has 0 saturated carbocycles. The second-order valence-corrected chi connectivity index (χ2v) is 19.1. The number of esters is 2. The molecule has 5 heterocycles. The molecule has 1 unspecified atom stereocenters. The lowest BCUT2D eigenvalue weighted by Crippen LogP contribution is -2.61. The Morgan fingerprint density at radius 2 is 1.65 bits per heavy atom. The van der Waals surface area contributed by atoms with Crippen molar-refractivity contribution in [3.63, 3.8) is 0 Å². The molecule has 3 aliphatic heterocycles. The van der Waals surface area contributed by atoms with Gasteiger partial charge in [0, 0.05) is 62.1 Å². The highest BCUT2D eigenvalue weighted by Crippen LogP contribution is 2.43. The molecule has 0 aliphatic carbocycles. The van der Waals surface area contributed by atoms with E-state index in [0.717, 1.165) is 11.3 Å². The number of cyclic esters (lactones) is 1. The predicted octanol–water partition coefficient (Wildman–Crippen LogP) is 6.79. The number of carbonyl (C=O) groups excluding carboxylic acids is 5. The van der Waals surface area contributed by atoms with Crippen LogP contribution in [0.4, 0.5) is 4.79 Å². The van der Waals surface area contributed by atoms with Gasteiger partial charge in [-0.15, -0.1) is 0 Å². The fourth-order valence-electron chi connectivity index (χ4n) is 10.3. The summed E-state index contributed by atoms with van der Waals surface area (Å²) in [6.07, 6.45) is 4.15. The van der Waals surface area contributed by atoms with Gasteiger partial charge in [-0.3, -0.25) is 19.4 Å². The quantitative estimate of drug-likeness (QED) is 0.0757. The van der Waals surface area contributed by atoms with Gasteiger partial charge in [-0.25, -0.2) is 14.6 Å². The molecule has 3 saturated heterocycles. The van der Waals surface area contributed by atoms with E-state index in [1.54, 1.807) is 88.6 Å². The molecule has 0 radical (unpaired) electrons. The summed E-state index contributed by atoms with van der Waals surface area (Å²) >= 11 is 0. The van der Waals surface area contributed by atoms with Gasteiger partial charge in [0.25, 0.3) is 0 Å². The van der Waals surface area contributed by atoms with Crippen LogP contribution in [0.2, 0.25) is 0 Å². The number of ketones is 2. The number of amides is 1. The van der Waals surface area contributed by atoms with Crippen molar-refractivity contribution in [1.82, 2.24) is 24.3 Å². The zero-order chi connectivity index (χ0) is 48.1. The molecule has 0 N–H and O–H groups in total. The van der Waals surface area contributed by atoms with Crippen LogP contribution in [0.15, 0.2) is 67.4 Å². The summed E-state index contributed by atoms with van der Waals surface area (Å²) in [5.74, 6) is -5.80. The molecule has 1 amide bonds. The van der Waals surface area contributed by atoms with Crippen LogP contribution in [-0.2, 0) is 49.3 Å². The molecule has 2 aromatic heterocycles. The van der Waals surface area contributed by atoms with E-state index in [1.807, 2.05) is 55.7 Å². The molecule has 6 rings (SSSR count). The van der Waals surface area contributed by atoms with Crippen molar-refractivity contribution in [1.29, 1.82) is 0 Å². The number of ether oxygens (including phenoxy) is 6. The molecule has 66 heavy (non-hydrogen) atoms. The van der Waals surface area contributed by atoms with Crippen LogP contribution in [-0.4, -0.2) is 136 Å². The fraction of sp³-hybridized carbons (Fsp3) is 0.620. The highest BCUT2D eigenvalue weighted by Gasteiger charge is 2.60. The number of hydrogen-bond donors (Lipinski definition) is 0. The second kappa shape index (κ2) is 21.3. The Labute approximate surface area is 389 Å². The Morgan fingerprint density at radius 1 is 0.939 bits per heavy atom. The summed E-state index contributed by atoms with van der Waals surface area (Å²) in [5.41, 5.74) is -0.710. The van der Waals surface area contributed by atoms with E-state index < -0.39 is 89.3 Å². The van der Waals surface area contributed by atoms with Crippen molar-refractivity contribution in [2.75, 3.05) is 27.7 Å². The average molecular weight is 916 g/mol. The lowest BCUT2D eigenvalue weighted by atomic mass is 9.73. The van der Waals surface area contributed by atoms with Gasteiger partial charge >= 0.3 is 18.0 Å². The number of nitrogens with zero attached hydrogens (tertiary/aromatic N) is 5. The molecule has 1 aromatic carbocycles. The minimum atomic E-state index is -1.43. The Kier molecular flexibility index (Phi) is 16.3. The SMILES string of the molecule is CC[C@H]1OC(=O)[C@H](C)C(=O)[C@H](C)[C@@H](O[C@@H]2O[C@H](C)C[C@H](N(C)C)[C@H]2OC(=O)c2ccccc2)[C@](C)(OC)C[C@@H](C)C(=O)[C@H](C)C2N(CCCCn3cnc(-c4cccnc4)c3)C(=O)O[C@@]21C. The van der Waals surface area contributed by atoms with Crippen LogP contribution in [0.1, 0.15) is 97.9 Å². The molecular formula is C50H69N5O11. The molecular weight excluding hydrogens is 847 g/mol. The third kappa shape index (κ3) is 10.7. The molecule has 0 bridgehead atoms. The topological polar surface area (TPSA) is 178 Å². The molecule has 0 spiro atoms. The van der Waals surface area contributed by atoms with Gasteiger partial charge in [0.15, 0.2) is 23.8 Å². The van der Waals surface area contributed by atoms with E-state index in [1.165, 1.54) is 14.0 Å². The number of benzene rings is 1. The van der Waals surface area contributed by atoms with Crippen molar-refractivity contribution >= 4 is 29.6 Å². The minimum absolute atomic E-state index is 0.0863. The van der Waals surface area contributed by atoms with Gasteiger partial charge in [-0.1, -0.05) is 45.9 Å². The number of carbonyl (C=O) groups is 5. The molecule has 16 heteroatoms. The maximum absolute atomic E-state index is 14.9. The van der Waals surface area contributed by atoms with Crippen molar-refractivity contribution in [3.8, 4) is 11.3 Å². The number of unbranched alkanes of at least 4 members (excludes halogenated alkanes) is 1. The summed E-state index contributed by atoms with van der Waals surface area (Å²) in [6, 6.07) is 11.3. The largest absolute Gasteiger partial charge is 0.458 e. The van der Waals surface area contributed by atoms with Gasteiger partial charge in [0.2, 0.25) is 0 Å². The normalized spacial score (nSPS) is 33.5. The predicted molar refractivity (Wildman–Crippen MR) is 244 cm³/mol. The van der Waals surface area contributed by atoms with E-state index in [-0.39, 0.29) is 37.3 Å². The number of aromatic nitrogens is 3. The number of rotatable bonds is 13. The van der Waals surface area contributed by atoms with Gasteiger partial charge in [-0.2, -0.15) is 0 Å². The summed E-state index contributed by atoms with van der Waals surface area (Å²) in [7, 11) is 5.27. The van der Waals surface area contributed by atoms with E-state index in [4.69, 9.17) is 28.4 Å². The highest BCUT2D eigenvalue weighted by atomic mass is 16.7. The monoisotopic (exact) mass is 915 g/mol. The molecule has 13 atom stereocenters. The van der Waals surface area contributed by atoms with Gasteiger partial charge in [0.1, 0.15) is 17.8 Å². The average Bonchev–Trinajstić information content (AvgIpc) is 3.89. The van der Waals surface area contributed by atoms with Crippen LogP contribution >= 0.6 is 0 Å². The van der Waals surface area contributed by atoms with Crippen LogP contribution in [0.25, 0.3) is 11.3 Å².